The summed E-state index contributed by atoms with van der Waals surface area (Å²) in [7, 11) is 2.21. The SMILES string of the molecule is CCN(C)C1CCC(CN)(c2ccc(Cl)c(Cl)c2)CC1. The summed E-state index contributed by atoms with van der Waals surface area (Å²) in [6.45, 7) is 3.99. The quantitative estimate of drug-likeness (QED) is 0.907. The maximum atomic E-state index is 6.17. The Bertz CT molecular complexity index is 454. The molecule has 2 nitrogen and oxygen atoms in total. The highest BCUT2D eigenvalue weighted by Crippen LogP contribution is 2.41. The fourth-order valence-corrected chi connectivity index (χ4v) is 3.59. The molecule has 0 atom stereocenters. The Morgan fingerprint density at radius 3 is 2.40 bits per heavy atom. The van der Waals surface area contributed by atoms with E-state index < -0.39 is 0 Å². The lowest BCUT2D eigenvalue weighted by atomic mass is 9.68. The Labute approximate surface area is 132 Å². The molecule has 20 heavy (non-hydrogen) atoms. The van der Waals surface area contributed by atoms with Gasteiger partial charge >= 0.3 is 0 Å². The van der Waals surface area contributed by atoms with Gasteiger partial charge in [0.15, 0.2) is 0 Å². The second kappa shape index (κ2) is 6.65. The van der Waals surface area contributed by atoms with Gasteiger partial charge in [-0.15, -0.1) is 0 Å². The Hall–Kier alpha value is -0.280. The zero-order valence-electron chi connectivity index (χ0n) is 12.3. The van der Waals surface area contributed by atoms with Crippen LogP contribution in [0.15, 0.2) is 18.2 Å². The van der Waals surface area contributed by atoms with E-state index in [1.807, 2.05) is 12.1 Å². The van der Waals surface area contributed by atoms with Crippen molar-refractivity contribution in [1.29, 1.82) is 0 Å². The molecule has 0 radical (unpaired) electrons. The molecule has 0 heterocycles. The van der Waals surface area contributed by atoms with Crippen LogP contribution >= 0.6 is 23.2 Å². The second-order valence-electron chi connectivity index (χ2n) is 5.92. The van der Waals surface area contributed by atoms with Crippen LogP contribution in [0, 0.1) is 0 Å². The predicted molar refractivity (Wildman–Crippen MR) is 87.8 cm³/mol. The van der Waals surface area contributed by atoms with Crippen molar-refractivity contribution in [2.24, 2.45) is 5.73 Å². The fourth-order valence-electron chi connectivity index (χ4n) is 3.29. The summed E-state index contributed by atoms with van der Waals surface area (Å²) < 4.78 is 0. The first-order chi connectivity index (χ1) is 9.52. The molecule has 0 aromatic heterocycles. The van der Waals surface area contributed by atoms with Crippen LogP contribution in [-0.2, 0) is 5.41 Å². The highest BCUT2D eigenvalue weighted by atomic mass is 35.5. The number of halogens is 2. The van der Waals surface area contributed by atoms with Crippen LogP contribution in [0.5, 0.6) is 0 Å². The third-order valence-corrected chi connectivity index (χ3v) is 5.70. The van der Waals surface area contributed by atoms with E-state index >= 15 is 0 Å². The molecule has 0 saturated heterocycles. The molecule has 2 rings (SSSR count). The van der Waals surface area contributed by atoms with Crippen LogP contribution in [0.3, 0.4) is 0 Å². The van der Waals surface area contributed by atoms with E-state index in [9.17, 15) is 0 Å². The van der Waals surface area contributed by atoms with Gasteiger partial charge in [-0.3, -0.25) is 0 Å². The van der Waals surface area contributed by atoms with Gasteiger partial charge in [0.25, 0.3) is 0 Å². The second-order valence-corrected chi connectivity index (χ2v) is 6.73. The number of hydrogen-bond acceptors (Lipinski definition) is 2. The molecule has 0 aliphatic heterocycles. The molecule has 1 aromatic rings. The van der Waals surface area contributed by atoms with Gasteiger partial charge in [-0.2, -0.15) is 0 Å². The first kappa shape index (κ1) is 16.1. The summed E-state index contributed by atoms with van der Waals surface area (Å²) in [5.41, 5.74) is 7.43. The molecule has 0 spiro atoms. The largest absolute Gasteiger partial charge is 0.330 e. The first-order valence-electron chi connectivity index (χ1n) is 7.38. The lowest BCUT2D eigenvalue weighted by molar-refractivity contribution is 0.155. The smallest absolute Gasteiger partial charge is 0.0595 e. The van der Waals surface area contributed by atoms with Crippen molar-refractivity contribution < 1.29 is 0 Å². The molecular weight excluding hydrogens is 291 g/mol. The minimum atomic E-state index is 0.0688. The molecule has 1 fully saturated rings. The number of hydrogen-bond donors (Lipinski definition) is 1. The lowest BCUT2D eigenvalue weighted by Crippen LogP contribution is -2.44. The maximum Gasteiger partial charge on any atom is 0.0595 e. The molecule has 1 aliphatic carbocycles. The van der Waals surface area contributed by atoms with Gasteiger partial charge in [-0.05, 0) is 57.0 Å². The number of nitrogens with zero attached hydrogens (tertiary/aromatic N) is 1. The van der Waals surface area contributed by atoms with Crippen molar-refractivity contribution in [1.82, 2.24) is 4.90 Å². The maximum absolute atomic E-state index is 6.17. The van der Waals surface area contributed by atoms with Gasteiger partial charge < -0.3 is 10.6 Å². The fraction of sp³-hybridized carbons (Fsp3) is 0.625. The van der Waals surface area contributed by atoms with Crippen LogP contribution in [0.4, 0.5) is 0 Å². The Kier molecular flexibility index (Phi) is 5.36. The van der Waals surface area contributed by atoms with Gasteiger partial charge in [0, 0.05) is 18.0 Å². The summed E-state index contributed by atoms with van der Waals surface area (Å²) in [6.07, 6.45) is 4.64. The molecular formula is C16H24Cl2N2. The molecule has 112 valence electrons. The van der Waals surface area contributed by atoms with E-state index in [-0.39, 0.29) is 5.41 Å². The summed E-state index contributed by atoms with van der Waals surface area (Å²) in [6, 6.07) is 6.66. The summed E-state index contributed by atoms with van der Waals surface area (Å²) >= 11 is 12.2. The van der Waals surface area contributed by atoms with Crippen molar-refractivity contribution in [2.75, 3.05) is 20.1 Å². The molecule has 0 unspecified atom stereocenters. The van der Waals surface area contributed by atoms with Crippen LogP contribution in [0.2, 0.25) is 10.0 Å². The first-order valence-corrected chi connectivity index (χ1v) is 8.14. The standard InChI is InChI=1S/C16H24Cl2N2/c1-3-20(2)13-6-8-16(11-19,9-7-13)12-4-5-14(17)15(18)10-12/h4-5,10,13H,3,6-9,11,19H2,1-2H3. The average molecular weight is 315 g/mol. The van der Waals surface area contributed by atoms with Gasteiger partial charge in [-0.25, -0.2) is 0 Å². The van der Waals surface area contributed by atoms with Gasteiger partial charge in [0.2, 0.25) is 0 Å². The summed E-state index contributed by atoms with van der Waals surface area (Å²) in [4.78, 5) is 2.44. The van der Waals surface area contributed by atoms with Crippen LogP contribution < -0.4 is 5.73 Å². The minimum absolute atomic E-state index is 0.0688. The van der Waals surface area contributed by atoms with E-state index in [0.29, 0.717) is 22.6 Å². The average Bonchev–Trinajstić information content (AvgIpc) is 2.49. The highest BCUT2D eigenvalue weighted by molar-refractivity contribution is 6.42. The van der Waals surface area contributed by atoms with Crippen LogP contribution in [0.1, 0.15) is 38.2 Å². The van der Waals surface area contributed by atoms with Crippen molar-refractivity contribution in [3.8, 4) is 0 Å². The molecule has 2 N–H and O–H groups in total. The molecule has 4 heteroatoms. The topological polar surface area (TPSA) is 29.3 Å². The molecule has 1 aromatic carbocycles. The molecule has 0 bridgehead atoms. The summed E-state index contributed by atoms with van der Waals surface area (Å²) in [5, 5.41) is 1.24. The number of benzene rings is 1. The van der Waals surface area contributed by atoms with E-state index in [1.165, 1.54) is 18.4 Å². The summed E-state index contributed by atoms with van der Waals surface area (Å²) in [5.74, 6) is 0. The van der Waals surface area contributed by atoms with Gasteiger partial charge in [-0.1, -0.05) is 36.2 Å². The number of rotatable bonds is 4. The van der Waals surface area contributed by atoms with Crippen LogP contribution in [0.25, 0.3) is 0 Å². The van der Waals surface area contributed by atoms with E-state index in [0.717, 1.165) is 19.4 Å². The third kappa shape index (κ3) is 3.14. The Morgan fingerprint density at radius 2 is 1.90 bits per heavy atom. The normalized spacial score (nSPS) is 27.0. The monoisotopic (exact) mass is 314 g/mol. The highest BCUT2D eigenvalue weighted by Gasteiger charge is 2.36. The molecule has 1 saturated carbocycles. The van der Waals surface area contributed by atoms with Crippen molar-refractivity contribution in [2.45, 2.75) is 44.1 Å². The zero-order valence-corrected chi connectivity index (χ0v) is 13.8. The Balaban J connectivity index is 2.18. The van der Waals surface area contributed by atoms with E-state index in [2.05, 4.69) is 24.9 Å². The number of nitrogens with two attached hydrogens (primary N) is 1. The van der Waals surface area contributed by atoms with Crippen molar-refractivity contribution in [3.63, 3.8) is 0 Å². The predicted octanol–water partition coefficient (Wildman–Crippen LogP) is 4.08. The lowest BCUT2D eigenvalue weighted by Gasteiger charge is -2.42. The van der Waals surface area contributed by atoms with E-state index in [4.69, 9.17) is 28.9 Å². The zero-order chi connectivity index (χ0) is 14.8. The van der Waals surface area contributed by atoms with Crippen molar-refractivity contribution in [3.05, 3.63) is 33.8 Å². The van der Waals surface area contributed by atoms with Gasteiger partial charge in [0.05, 0.1) is 10.0 Å². The van der Waals surface area contributed by atoms with Crippen molar-refractivity contribution >= 4 is 23.2 Å². The van der Waals surface area contributed by atoms with E-state index in [1.54, 1.807) is 0 Å². The molecule has 0 amide bonds. The third-order valence-electron chi connectivity index (χ3n) is 4.96. The van der Waals surface area contributed by atoms with Crippen LogP contribution in [-0.4, -0.2) is 31.1 Å². The minimum Gasteiger partial charge on any atom is -0.330 e. The van der Waals surface area contributed by atoms with Gasteiger partial charge in [0.1, 0.15) is 0 Å². The molecule has 1 aliphatic rings. The Morgan fingerprint density at radius 1 is 1.25 bits per heavy atom.